The number of nitrogens with zero attached hydrogens (tertiary/aromatic N) is 4. The minimum Gasteiger partial charge on any atom is -0.330 e. The van der Waals surface area contributed by atoms with E-state index in [1.807, 2.05) is 0 Å². The Balaban J connectivity index is 1.76. The van der Waals surface area contributed by atoms with Gasteiger partial charge in [-0.05, 0) is 34.8 Å². The average Bonchev–Trinajstić information content (AvgIpc) is 3.14. The number of aromatic nitrogens is 4. The summed E-state index contributed by atoms with van der Waals surface area (Å²) < 4.78 is 44.0. The second-order valence-electron chi connectivity index (χ2n) is 5.55. The first-order valence-electron chi connectivity index (χ1n) is 7.88. The van der Waals surface area contributed by atoms with Gasteiger partial charge in [-0.1, -0.05) is 5.92 Å². The number of carbonyl (C=O) groups is 1. The van der Waals surface area contributed by atoms with E-state index < -0.39 is 36.6 Å². The summed E-state index contributed by atoms with van der Waals surface area (Å²) in [7, 11) is 0. The average molecular weight is 388 g/mol. The van der Waals surface area contributed by atoms with E-state index in [0.717, 1.165) is 12.3 Å². The molecule has 3 heterocycles. The fourth-order valence-electron chi connectivity index (χ4n) is 2.25. The van der Waals surface area contributed by atoms with E-state index in [2.05, 4.69) is 27.0 Å². The first-order chi connectivity index (χ1) is 13.4. The van der Waals surface area contributed by atoms with Crippen molar-refractivity contribution in [2.45, 2.75) is 19.4 Å². The summed E-state index contributed by atoms with van der Waals surface area (Å²) >= 11 is 0. The summed E-state index contributed by atoms with van der Waals surface area (Å²) in [6, 6.07) is 4.15. The fraction of sp³-hybridized carbons (Fsp3) is 0.167. The van der Waals surface area contributed by atoms with E-state index in [1.165, 1.54) is 0 Å². The Morgan fingerprint density at radius 1 is 1.25 bits per heavy atom. The molecule has 0 atom stereocenters. The van der Waals surface area contributed by atoms with Crippen molar-refractivity contribution in [3.63, 3.8) is 0 Å². The van der Waals surface area contributed by atoms with Crippen molar-refractivity contribution in [1.29, 1.82) is 0 Å². The number of halogens is 3. The van der Waals surface area contributed by atoms with Crippen LogP contribution in [0.15, 0.2) is 46.1 Å². The van der Waals surface area contributed by atoms with Crippen LogP contribution >= 0.6 is 0 Å². The highest BCUT2D eigenvalue weighted by molar-refractivity contribution is 5.93. The molecular weight excluding hydrogens is 377 g/mol. The maximum Gasteiger partial charge on any atom is 0.295 e. The van der Waals surface area contributed by atoms with Crippen LogP contribution in [0.5, 0.6) is 0 Å². The van der Waals surface area contributed by atoms with Gasteiger partial charge in [0.25, 0.3) is 17.9 Å². The number of Topliss-reactive ketones (excluding diaryl/α,β-unsaturated/α-hetero) is 1. The summed E-state index contributed by atoms with van der Waals surface area (Å²) in [4.78, 5) is 31.4. The predicted molar refractivity (Wildman–Crippen MR) is 89.2 cm³/mol. The van der Waals surface area contributed by atoms with Gasteiger partial charge in [0.05, 0.1) is 6.54 Å². The van der Waals surface area contributed by atoms with Gasteiger partial charge in [-0.25, -0.2) is 13.2 Å². The molecule has 3 aromatic rings. The molecule has 0 aromatic carbocycles. The number of carbonyl (C=O) groups excluding carboxylic acids is 1. The van der Waals surface area contributed by atoms with Crippen LogP contribution in [0.4, 0.5) is 13.2 Å². The predicted octanol–water partition coefficient (Wildman–Crippen LogP) is 1.86. The maximum atomic E-state index is 13.6. The quantitative estimate of drug-likeness (QED) is 0.490. The topological polar surface area (TPSA) is 90.9 Å². The van der Waals surface area contributed by atoms with Gasteiger partial charge in [0.15, 0.2) is 5.82 Å². The molecule has 3 aromatic heterocycles. The Morgan fingerprint density at radius 2 is 2.00 bits per heavy atom. The smallest absolute Gasteiger partial charge is 0.295 e. The number of rotatable bonds is 5. The van der Waals surface area contributed by atoms with Crippen LogP contribution in [-0.4, -0.2) is 31.9 Å². The lowest BCUT2D eigenvalue weighted by molar-refractivity contribution is 0.0950. The summed E-state index contributed by atoms with van der Waals surface area (Å²) in [6.07, 6.45) is 0.847. The van der Waals surface area contributed by atoms with Gasteiger partial charge in [-0.2, -0.15) is 4.98 Å². The molecule has 0 radical (unpaired) electrons. The first kappa shape index (κ1) is 19.0. The van der Waals surface area contributed by atoms with Gasteiger partial charge >= 0.3 is 0 Å². The highest BCUT2D eigenvalue weighted by Crippen LogP contribution is 2.08. The molecule has 0 aliphatic heterocycles. The third-order valence-electron chi connectivity index (χ3n) is 3.46. The van der Waals surface area contributed by atoms with Crippen molar-refractivity contribution >= 4 is 5.78 Å². The van der Waals surface area contributed by atoms with E-state index >= 15 is 0 Å². The molecule has 0 amide bonds. The Bertz CT molecular complexity index is 1110. The Labute approximate surface area is 155 Å². The number of hydrogen-bond donors (Lipinski definition) is 0. The molecule has 10 heteroatoms. The summed E-state index contributed by atoms with van der Waals surface area (Å²) in [6.45, 7) is -0.979. The Kier molecular flexibility index (Phi) is 5.64. The van der Waals surface area contributed by atoms with Crippen molar-refractivity contribution in [1.82, 2.24) is 19.7 Å². The largest absolute Gasteiger partial charge is 0.330 e. The van der Waals surface area contributed by atoms with Crippen LogP contribution < -0.4 is 5.56 Å². The minimum absolute atomic E-state index is 0.0189. The molecule has 142 valence electrons. The molecule has 3 rings (SSSR count). The zero-order valence-electron chi connectivity index (χ0n) is 14.1. The fourth-order valence-corrected chi connectivity index (χ4v) is 2.25. The van der Waals surface area contributed by atoms with Gasteiger partial charge in [-0.15, -0.1) is 0 Å². The molecule has 0 bridgehead atoms. The minimum atomic E-state index is -2.85. The maximum absolute atomic E-state index is 13.6. The molecule has 0 N–H and O–H groups in total. The molecule has 0 spiro atoms. The number of hydrogen-bond acceptors (Lipinski definition) is 6. The van der Waals surface area contributed by atoms with Crippen LogP contribution in [0, 0.1) is 17.7 Å². The molecule has 0 saturated carbocycles. The third kappa shape index (κ3) is 4.70. The Morgan fingerprint density at radius 3 is 2.71 bits per heavy atom. The molecule has 7 nitrogen and oxygen atoms in total. The van der Waals surface area contributed by atoms with E-state index in [4.69, 9.17) is 4.52 Å². The number of alkyl halides is 2. The van der Waals surface area contributed by atoms with Gasteiger partial charge < -0.3 is 9.09 Å². The van der Waals surface area contributed by atoms with Crippen LogP contribution in [0.3, 0.4) is 0 Å². The SMILES string of the molecule is O=C(Cc1cc(F)c(=O)n(CC(F)F)c1)c1nc(C#Cc2ccncc2)no1. The van der Waals surface area contributed by atoms with E-state index in [-0.39, 0.29) is 17.3 Å². The molecule has 0 fully saturated rings. The van der Waals surface area contributed by atoms with Crippen molar-refractivity contribution in [3.05, 3.63) is 75.8 Å². The van der Waals surface area contributed by atoms with Crippen molar-refractivity contribution in [3.8, 4) is 11.8 Å². The van der Waals surface area contributed by atoms with Crippen molar-refractivity contribution in [2.24, 2.45) is 0 Å². The van der Waals surface area contributed by atoms with Crippen LogP contribution in [0.2, 0.25) is 0 Å². The second-order valence-corrected chi connectivity index (χ2v) is 5.55. The number of pyridine rings is 2. The highest BCUT2D eigenvalue weighted by Gasteiger charge is 2.18. The van der Waals surface area contributed by atoms with Crippen molar-refractivity contribution in [2.75, 3.05) is 0 Å². The van der Waals surface area contributed by atoms with Gasteiger partial charge in [0.1, 0.15) is 0 Å². The van der Waals surface area contributed by atoms with Crippen LogP contribution in [-0.2, 0) is 13.0 Å². The third-order valence-corrected chi connectivity index (χ3v) is 3.46. The lowest BCUT2D eigenvalue weighted by Gasteiger charge is -2.07. The van der Waals surface area contributed by atoms with Crippen LogP contribution in [0.25, 0.3) is 0 Å². The molecule has 0 unspecified atom stereocenters. The first-order valence-corrected chi connectivity index (χ1v) is 7.88. The second kappa shape index (κ2) is 8.30. The van der Waals surface area contributed by atoms with Gasteiger partial charge in [0.2, 0.25) is 11.6 Å². The molecule has 28 heavy (non-hydrogen) atoms. The van der Waals surface area contributed by atoms with Crippen LogP contribution in [0.1, 0.15) is 27.6 Å². The molecule has 0 saturated heterocycles. The highest BCUT2D eigenvalue weighted by atomic mass is 19.3. The molecular formula is C18H11F3N4O3. The summed E-state index contributed by atoms with van der Waals surface area (Å²) in [5, 5.41) is 3.56. The summed E-state index contributed by atoms with van der Waals surface area (Å²) in [5.74, 6) is 3.06. The lowest BCUT2D eigenvalue weighted by atomic mass is 10.1. The number of ketones is 1. The molecule has 0 aliphatic carbocycles. The molecule has 0 aliphatic rings. The zero-order chi connectivity index (χ0) is 20.1. The zero-order valence-corrected chi connectivity index (χ0v) is 14.1. The Hall–Kier alpha value is -3.74. The van der Waals surface area contributed by atoms with Crippen molar-refractivity contribution < 1.29 is 22.5 Å². The normalized spacial score (nSPS) is 10.6. The monoisotopic (exact) mass is 388 g/mol. The van der Waals surface area contributed by atoms with Gasteiger partial charge in [0, 0.05) is 30.6 Å². The van der Waals surface area contributed by atoms with E-state index in [9.17, 15) is 22.8 Å². The summed E-state index contributed by atoms with van der Waals surface area (Å²) in [5.41, 5.74) is -0.516. The standard InChI is InChI=1S/C18H11F3N4O3/c19-13-7-12(9-25(18(13)27)10-15(20)21)8-14(26)17-23-16(24-28-17)2-1-11-3-5-22-6-4-11/h3-7,9,15H,8,10H2. The van der Waals surface area contributed by atoms with E-state index in [1.54, 1.807) is 24.5 Å². The van der Waals surface area contributed by atoms with E-state index in [0.29, 0.717) is 10.1 Å². The van der Waals surface area contributed by atoms with Gasteiger partial charge in [-0.3, -0.25) is 14.6 Å². The lowest BCUT2D eigenvalue weighted by Crippen LogP contribution is -2.26.